The van der Waals surface area contributed by atoms with Gasteiger partial charge in [0.15, 0.2) is 0 Å². The van der Waals surface area contributed by atoms with Crippen LogP contribution in [0.4, 0.5) is 14.6 Å². The van der Waals surface area contributed by atoms with Crippen molar-refractivity contribution in [2.75, 3.05) is 5.32 Å². The SMILES string of the molecule is Cc1nc(-c2cc3cccc(C)c3nc2NCc2cc(F)cc(F)c2)no1. The number of benzene rings is 2. The molecule has 2 aromatic heterocycles. The third-order valence-corrected chi connectivity index (χ3v) is 4.20. The van der Waals surface area contributed by atoms with Crippen LogP contribution in [-0.4, -0.2) is 15.1 Å². The number of nitrogens with zero attached hydrogens (tertiary/aromatic N) is 3. The summed E-state index contributed by atoms with van der Waals surface area (Å²) in [7, 11) is 0. The highest BCUT2D eigenvalue weighted by Crippen LogP contribution is 2.30. The van der Waals surface area contributed by atoms with Crippen LogP contribution in [0.3, 0.4) is 0 Å². The van der Waals surface area contributed by atoms with Gasteiger partial charge in [0.05, 0.1) is 11.1 Å². The minimum Gasteiger partial charge on any atom is -0.365 e. The molecule has 0 unspecified atom stereocenters. The molecule has 0 saturated heterocycles. The summed E-state index contributed by atoms with van der Waals surface area (Å²) >= 11 is 0. The van der Waals surface area contributed by atoms with E-state index in [2.05, 4.69) is 15.5 Å². The quantitative estimate of drug-likeness (QED) is 0.562. The van der Waals surface area contributed by atoms with Gasteiger partial charge in [-0.05, 0) is 36.2 Å². The fourth-order valence-corrected chi connectivity index (χ4v) is 2.96. The normalized spacial score (nSPS) is 11.1. The Bertz CT molecular complexity index is 1120. The van der Waals surface area contributed by atoms with Crippen molar-refractivity contribution in [1.29, 1.82) is 0 Å². The van der Waals surface area contributed by atoms with Gasteiger partial charge in [0.1, 0.15) is 17.5 Å². The van der Waals surface area contributed by atoms with Gasteiger partial charge >= 0.3 is 0 Å². The van der Waals surface area contributed by atoms with E-state index in [9.17, 15) is 8.78 Å². The molecular weight excluding hydrogens is 350 g/mol. The lowest BCUT2D eigenvalue weighted by Gasteiger charge is -2.12. The minimum atomic E-state index is -0.622. The van der Waals surface area contributed by atoms with Crippen LogP contribution < -0.4 is 5.32 Å². The van der Waals surface area contributed by atoms with Crippen LogP contribution in [0, 0.1) is 25.5 Å². The van der Waals surface area contributed by atoms with Crippen LogP contribution in [0.2, 0.25) is 0 Å². The standard InChI is InChI=1S/C20H16F2N4O/c1-11-4-3-5-14-8-17(20-24-12(2)27-26-20)19(25-18(11)14)23-10-13-6-15(21)9-16(22)7-13/h3-9H,10H2,1-2H3,(H,23,25). The molecule has 0 aliphatic heterocycles. The molecule has 0 saturated carbocycles. The lowest BCUT2D eigenvalue weighted by molar-refractivity contribution is 0.394. The zero-order valence-electron chi connectivity index (χ0n) is 14.8. The Labute approximate surface area is 154 Å². The maximum atomic E-state index is 13.4. The van der Waals surface area contributed by atoms with Crippen LogP contribution in [0.5, 0.6) is 0 Å². The predicted octanol–water partition coefficient (Wildman–Crippen LogP) is 4.79. The van der Waals surface area contributed by atoms with E-state index >= 15 is 0 Å². The van der Waals surface area contributed by atoms with Crippen molar-refractivity contribution >= 4 is 16.7 Å². The lowest BCUT2D eigenvalue weighted by Crippen LogP contribution is -2.05. The van der Waals surface area contributed by atoms with Crippen molar-refractivity contribution < 1.29 is 13.3 Å². The molecule has 0 amide bonds. The van der Waals surface area contributed by atoms with Gasteiger partial charge in [0.2, 0.25) is 11.7 Å². The summed E-state index contributed by atoms with van der Waals surface area (Å²) < 4.78 is 32.0. The average Bonchev–Trinajstić information content (AvgIpc) is 3.05. The first-order valence-electron chi connectivity index (χ1n) is 8.39. The third-order valence-electron chi connectivity index (χ3n) is 4.20. The van der Waals surface area contributed by atoms with Crippen LogP contribution in [0.15, 0.2) is 47.0 Å². The Morgan fingerprint density at radius 2 is 1.78 bits per heavy atom. The molecule has 5 nitrogen and oxygen atoms in total. The summed E-state index contributed by atoms with van der Waals surface area (Å²) in [6.45, 7) is 3.87. The highest BCUT2D eigenvalue weighted by molar-refractivity contribution is 5.89. The molecular formula is C20H16F2N4O. The van der Waals surface area contributed by atoms with E-state index in [1.807, 2.05) is 31.2 Å². The van der Waals surface area contributed by atoms with E-state index in [0.717, 1.165) is 22.5 Å². The Hall–Kier alpha value is -3.35. The van der Waals surface area contributed by atoms with Gasteiger partial charge in [-0.1, -0.05) is 23.4 Å². The van der Waals surface area contributed by atoms with E-state index in [1.54, 1.807) is 6.92 Å². The van der Waals surface area contributed by atoms with E-state index in [4.69, 9.17) is 9.51 Å². The maximum absolute atomic E-state index is 13.4. The number of hydrogen-bond donors (Lipinski definition) is 1. The van der Waals surface area contributed by atoms with Gasteiger partial charge in [0, 0.05) is 24.9 Å². The first-order valence-corrected chi connectivity index (χ1v) is 8.39. The number of pyridine rings is 1. The van der Waals surface area contributed by atoms with Crippen molar-refractivity contribution in [3.05, 3.63) is 71.1 Å². The van der Waals surface area contributed by atoms with Crippen LogP contribution in [-0.2, 0) is 6.54 Å². The predicted molar refractivity (Wildman–Crippen MR) is 98.2 cm³/mol. The molecule has 4 aromatic rings. The Balaban J connectivity index is 1.78. The number of anilines is 1. The zero-order chi connectivity index (χ0) is 19.0. The Morgan fingerprint density at radius 3 is 2.48 bits per heavy atom. The minimum absolute atomic E-state index is 0.197. The Morgan fingerprint density at radius 1 is 1.00 bits per heavy atom. The molecule has 7 heteroatoms. The number of rotatable bonds is 4. The second-order valence-electron chi connectivity index (χ2n) is 6.30. The van der Waals surface area contributed by atoms with Crippen molar-refractivity contribution in [3.8, 4) is 11.4 Å². The van der Waals surface area contributed by atoms with Gasteiger partial charge in [-0.25, -0.2) is 13.8 Å². The smallest absolute Gasteiger partial charge is 0.223 e. The largest absolute Gasteiger partial charge is 0.365 e. The number of para-hydroxylation sites is 1. The lowest BCUT2D eigenvalue weighted by atomic mass is 10.1. The monoisotopic (exact) mass is 366 g/mol. The van der Waals surface area contributed by atoms with Gasteiger partial charge in [0.25, 0.3) is 0 Å². The second-order valence-corrected chi connectivity index (χ2v) is 6.30. The number of fused-ring (bicyclic) bond motifs is 1. The topological polar surface area (TPSA) is 63.8 Å². The van der Waals surface area contributed by atoms with Crippen molar-refractivity contribution in [2.24, 2.45) is 0 Å². The molecule has 0 atom stereocenters. The molecule has 136 valence electrons. The molecule has 0 aliphatic carbocycles. The van der Waals surface area contributed by atoms with Crippen LogP contribution >= 0.6 is 0 Å². The molecule has 2 heterocycles. The fraction of sp³-hybridized carbons (Fsp3) is 0.150. The number of aromatic nitrogens is 3. The van der Waals surface area contributed by atoms with Crippen molar-refractivity contribution in [2.45, 2.75) is 20.4 Å². The number of hydrogen-bond acceptors (Lipinski definition) is 5. The molecule has 0 radical (unpaired) electrons. The van der Waals surface area contributed by atoms with Crippen molar-refractivity contribution in [1.82, 2.24) is 15.1 Å². The summed E-state index contributed by atoms with van der Waals surface area (Å²) in [4.78, 5) is 8.98. The molecule has 1 N–H and O–H groups in total. The van der Waals surface area contributed by atoms with Gasteiger partial charge in [-0.2, -0.15) is 4.98 Å². The zero-order valence-corrected chi connectivity index (χ0v) is 14.8. The number of aryl methyl sites for hydroxylation is 2. The fourth-order valence-electron chi connectivity index (χ4n) is 2.96. The average molecular weight is 366 g/mol. The molecule has 0 bridgehead atoms. The maximum Gasteiger partial charge on any atom is 0.223 e. The molecule has 2 aromatic carbocycles. The number of halogens is 2. The highest BCUT2D eigenvalue weighted by atomic mass is 19.1. The molecule has 0 spiro atoms. The molecule has 0 fully saturated rings. The molecule has 0 aliphatic rings. The summed E-state index contributed by atoms with van der Waals surface area (Å²) in [5, 5.41) is 8.06. The Kier molecular flexibility index (Phi) is 4.27. The van der Waals surface area contributed by atoms with Crippen LogP contribution in [0.25, 0.3) is 22.3 Å². The summed E-state index contributed by atoms with van der Waals surface area (Å²) in [6, 6.07) is 11.2. The van der Waals surface area contributed by atoms with Gasteiger partial charge in [-0.15, -0.1) is 0 Å². The van der Waals surface area contributed by atoms with Crippen molar-refractivity contribution in [3.63, 3.8) is 0 Å². The van der Waals surface area contributed by atoms with Gasteiger partial charge < -0.3 is 9.84 Å². The van der Waals surface area contributed by atoms with E-state index < -0.39 is 11.6 Å². The van der Waals surface area contributed by atoms with E-state index in [-0.39, 0.29) is 6.54 Å². The first-order chi connectivity index (χ1) is 13.0. The third kappa shape index (κ3) is 3.48. The van der Waals surface area contributed by atoms with E-state index in [0.29, 0.717) is 28.7 Å². The molecule has 27 heavy (non-hydrogen) atoms. The first kappa shape index (κ1) is 17.1. The summed E-state index contributed by atoms with van der Waals surface area (Å²) in [6.07, 6.45) is 0. The molecule has 4 rings (SSSR count). The summed E-state index contributed by atoms with van der Waals surface area (Å²) in [5.41, 5.74) is 2.97. The second kappa shape index (κ2) is 6.75. The number of nitrogens with one attached hydrogen (secondary N) is 1. The van der Waals surface area contributed by atoms with E-state index in [1.165, 1.54) is 12.1 Å². The van der Waals surface area contributed by atoms with Crippen LogP contribution in [0.1, 0.15) is 17.0 Å². The van der Waals surface area contributed by atoms with Gasteiger partial charge in [-0.3, -0.25) is 0 Å². The highest BCUT2D eigenvalue weighted by Gasteiger charge is 2.15. The summed E-state index contributed by atoms with van der Waals surface area (Å²) in [5.74, 6) is 0.109.